The van der Waals surface area contributed by atoms with Crippen molar-refractivity contribution in [3.63, 3.8) is 0 Å². The number of aromatic carboxylic acids is 1. The molecule has 0 atom stereocenters. The summed E-state index contributed by atoms with van der Waals surface area (Å²) >= 11 is 0. The molecule has 4 rings (SSSR count). The number of hydrogen-bond acceptors (Lipinski definition) is 5. The second kappa shape index (κ2) is 7.30. The van der Waals surface area contributed by atoms with Crippen LogP contribution < -0.4 is 0 Å². The average Bonchev–Trinajstić information content (AvgIpc) is 3.27. The lowest BCUT2D eigenvalue weighted by Gasteiger charge is -2.04. The molecule has 3 heterocycles. The fourth-order valence-electron chi connectivity index (χ4n) is 3.11. The summed E-state index contributed by atoms with van der Waals surface area (Å²) in [4.78, 5) is 27.4. The van der Waals surface area contributed by atoms with Crippen LogP contribution in [-0.4, -0.2) is 42.8 Å². The molecule has 0 unspecified atom stereocenters. The molecule has 8 heteroatoms. The highest BCUT2D eigenvalue weighted by atomic mass is 16.5. The molecule has 1 N–H and O–H groups in total. The van der Waals surface area contributed by atoms with Crippen molar-refractivity contribution in [2.24, 2.45) is 0 Å². The first kappa shape index (κ1) is 18.0. The van der Waals surface area contributed by atoms with Gasteiger partial charge in [-0.3, -0.25) is 4.68 Å². The smallest absolute Gasteiger partial charge is 0.338 e. The number of carbonyl (C=O) groups is 2. The number of carboxylic acids is 1. The third kappa shape index (κ3) is 3.80. The molecule has 1 aliphatic carbocycles. The van der Waals surface area contributed by atoms with Gasteiger partial charge in [-0.25, -0.2) is 14.6 Å². The molecule has 1 saturated carbocycles. The number of imidazole rings is 1. The van der Waals surface area contributed by atoms with Gasteiger partial charge in [0, 0.05) is 30.2 Å². The SMILES string of the molecule is CCOC(=O)/C=C\c1cc(C2CC2)cn2cc(Cn3cc(C(=O)O)cn3)nc12. The summed E-state index contributed by atoms with van der Waals surface area (Å²) < 4.78 is 8.46. The summed E-state index contributed by atoms with van der Waals surface area (Å²) in [6.07, 6.45) is 12.2. The zero-order valence-electron chi connectivity index (χ0n) is 15.4. The van der Waals surface area contributed by atoms with Crippen LogP contribution in [0.15, 0.2) is 36.9 Å². The van der Waals surface area contributed by atoms with Crippen LogP contribution in [0.25, 0.3) is 11.7 Å². The summed E-state index contributed by atoms with van der Waals surface area (Å²) in [5.74, 6) is -0.849. The van der Waals surface area contributed by atoms with Gasteiger partial charge >= 0.3 is 11.9 Å². The molecular weight excluding hydrogens is 360 g/mol. The molecule has 0 spiro atoms. The third-order valence-corrected chi connectivity index (χ3v) is 4.59. The lowest BCUT2D eigenvalue weighted by Crippen LogP contribution is -2.00. The molecule has 0 aliphatic heterocycles. The first-order valence-corrected chi connectivity index (χ1v) is 9.15. The van der Waals surface area contributed by atoms with Crippen molar-refractivity contribution in [2.45, 2.75) is 32.2 Å². The Morgan fingerprint density at radius 3 is 2.82 bits per heavy atom. The number of esters is 1. The van der Waals surface area contributed by atoms with E-state index in [4.69, 9.17) is 9.84 Å². The minimum atomic E-state index is -1.01. The Morgan fingerprint density at radius 2 is 2.14 bits per heavy atom. The van der Waals surface area contributed by atoms with E-state index in [1.54, 1.807) is 17.7 Å². The van der Waals surface area contributed by atoms with Crippen LogP contribution in [0.1, 0.15) is 52.9 Å². The van der Waals surface area contributed by atoms with Crippen molar-refractivity contribution in [1.29, 1.82) is 0 Å². The molecule has 28 heavy (non-hydrogen) atoms. The van der Waals surface area contributed by atoms with E-state index in [1.165, 1.54) is 36.9 Å². The Balaban J connectivity index is 1.67. The van der Waals surface area contributed by atoms with Gasteiger partial charge in [-0.2, -0.15) is 5.10 Å². The number of carbonyl (C=O) groups excluding carboxylic acids is 1. The van der Waals surface area contributed by atoms with Crippen LogP contribution in [0.4, 0.5) is 0 Å². The molecule has 1 aliphatic rings. The van der Waals surface area contributed by atoms with Crippen LogP contribution in [0.3, 0.4) is 0 Å². The normalized spacial score (nSPS) is 14.0. The minimum Gasteiger partial charge on any atom is -0.478 e. The van der Waals surface area contributed by atoms with E-state index in [0.717, 1.165) is 16.9 Å². The van der Waals surface area contributed by atoms with Crippen LogP contribution in [0, 0.1) is 0 Å². The molecule has 8 nitrogen and oxygen atoms in total. The van der Waals surface area contributed by atoms with Crippen molar-refractivity contribution >= 4 is 23.7 Å². The lowest BCUT2D eigenvalue weighted by atomic mass is 10.1. The van der Waals surface area contributed by atoms with Gasteiger partial charge in [0.05, 0.1) is 30.6 Å². The van der Waals surface area contributed by atoms with Gasteiger partial charge in [0.25, 0.3) is 0 Å². The van der Waals surface area contributed by atoms with Crippen molar-refractivity contribution in [3.05, 3.63) is 59.3 Å². The van der Waals surface area contributed by atoms with Crippen LogP contribution in [0.5, 0.6) is 0 Å². The lowest BCUT2D eigenvalue weighted by molar-refractivity contribution is -0.137. The van der Waals surface area contributed by atoms with Gasteiger partial charge in [0.1, 0.15) is 5.65 Å². The number of rotatable bonds is 7. The highest BCUT2D eigenvalue weighted by Crippen LogP contribution is 2.40. The van der Waals surface area contributed by atoms with Crippen molar-refractivity contribution in [3.8, 4) is 0 Å². The maximum atomic E-state index is 11.7. The highest BCUT2D eigenvalue weighted by Gasteiger charge is 2.25. The first-order valence-electron chi connectivity index (χ1n) is 9.15. The van der Waals surface area contributed by atoms with Crippen molar-refractivity contribution < 1.29 is 19.4 Å². The monoisotopic (exact) mass is 380 g/mol. The topological polar surface area (TPSA) is 98.7 Å². The van der Waals surface area contributed by atoms with E-state index in [9.17, 15) is 9.59 Å². The Labute approximate surface area is 161 Å². The average molecular weight is 380 g/mol. The highest BCUT2D eigenvalue weighted by molar-refractivity contribution is 5.88. The van der Waals surface area contributed by atoms with Gasteiger partial charge in [-0.05, 0) is 43.4 Å². The molecule has 3 aromatic rings. The van der Waals surface area contributed by atoms with Gasteiger partial charge in [-0.15, -0.1) is 0 Å². The molecule has 0 aromatic carbocycles. The molecule has 3 aromatic heterocycles. The maximum absolute atomic E-state index is 11.7. The molecular formula is C20H20N4O4. The molecule has 0 radical (unpaired) electrons. The predicted molar refractivity (Wildman–Crippen MR) is 101 cm³/mol. The number of fused-ring (bicyclic) bond motifs is 1. The van der Waals surface area contributed by atoms with Crippen LogP contribution in [-0.2, 0) is 16.1 Å². The number of aromatic nitrogens is 4. The van der Waals surface area contributed by atoms with E-state index in [-0.39, 0.29) is 11.5 Å². The first-order chi connectivity index (χ1) is 13.5. The number of nitrogens with zero attached hydrogens (tertiary/aromatic N) is 4. The number of ether oxygens (including phenoxy) is 1. The minimum absolute atomic E-state index is 0.137. The van der Waals surface area contributed by atoms with E-state index in [2.05, 4.69) is 22.3 Å². The fourth-order valence-corrected chi connectivity index (χ4v) is 3.11. The van der Waals surface area contributed by atoms with Gasteiger partial charge in [0.15, 0.2) is 0 Å². The van der Waals surface area contributed by atoms with E-state index >= 15 is 0 Å². The summed E-state index contributed by atoms with van der Waals surface area (Å²) in [6.45, 7) is 2.45. The number of hydrogen-bond donors (Lipinski definition) is 1. The molecule has 0 amide bonds. The van der Waals surface area contributed by atoms with Crippen molar-refractivity contribution in [1.82, 2.24) is 19.2 Å². The summed E-state index contributed by atoms with van der Waals surface area (Å²) in [5.41, 5.74) is 3.67. The fraction of sp³-hybridized carbons (Fsp3) is 0.300. The quantitative estimate of drug-likeness (QED) is 0.500. The van der Waals surface area contributed by atoms with E-state index < -0.39 is 5.97 Å². The zero-order chi connectivity index (χ0) is 19.7. The second-order valence-corrected chi connectivity index (χ2v) is 6.78. The van der Waals surface area contributed by atoms with Gasteiger partial charge in [-0.1, -0.05) is 0 Å². The maximum Gasteiger partial charge on any atom is 0.338 e. The van der Waals surface area contributed by atoms with E-state index in [1.807, 2.05) is 10.6 Å². The zero-order valence-corrected chi connectivity index (χ0v) is 15.4. The number of carboxylic acid groups (broad SMARTS) is 1. The van der Waals surface area contributed by atoms with Crippen LogP contribution >= 0.6 is 0 Å². The summed E-state index contributed by atoms with van der Waals surface area (Å²) in [6, 6.07) is 2.07. The molecule has 0 saturated heterocycles. The second-order valence-electron chi connectivity index (χ2n) is 6.78. The Hall–Kier alpha value is -3.42. The summed E-state index contributed by atoms with van der Waals surface area (Å²) in [5, 5.41) is 13.1. The Morgan fingerprint density at radius 1 is 1.32 bits per heavy atom. The third-order valence-electron chi connectivity index (χ3n) is 4.59. The largest absolute Gasteiger partial charge is 0.478 e. The van der Waals surface area contributed by atoms with Crippen LogP contribution in [0.2, 0.25) is 0 Å². The predicted octanol–water partition coefficient (Wildman–Crippen LogP) is 2.73. The van der Waals surface area contributed by atoms with E-state index in [0.29, 0.717) is 19.1 Å². The van der Waals surface area contributed by atoms with Crippen molar-refractivity contribution in [2.75, 3.05) is 6.61 Å². The Kier molecular flexibility index (Phi) is 4.68. The standard InChI is InChI=1S/C20H20N4O4/c1-2-28-18(25)6-5-14-7-15(13-3-4-13)9-23-11-17(22-19(14)23)12-24-10-16(8-21-24)20(26)27/h5-11,13H,2-4,12H2,1H3,(H,26,27)/b6-5-. The molecule has 1 fully saturated rings. The van der Waals surface area contributed by atoms with Gasteiger partial charge in [0.2, 0.25) is 0 Å². The number of pyridine rings is 1. The van der Waals surface area contributed by atoms with Gasteiger partial charge < -0.3 is 14.2 Å². The Bertz CT molecular complexity index is 1080. The molecule has 144 valence electrons. The molecule has 0 bridgehead atoms. The summed E-state index contributed by atoms with van der Waals surface area (Å²) in [7, 11) is 0.